The average molecular weight is 246 g/mol. The van der Waals surface area contributed by atoms with Gasteiger partial charge in [-0.05, 0) is 31.1 Å². The van der Waals surface area contributed by atoms with Gasteiger partial charge in [-0.25, -0.2) is 9.97 Å². The van der Waals surface area contributed by atoms with Gasteiger partial charge in [-0.15, -0.1) is 0 Å². The number of anilines is 2. The molecule has 0 aromatic carbocycles. The first-order chi connectivity index (χ1) is 8.53. The Labute approximate surface area is 109 Å². The smallest absolute Gasteiger partial charge is 0.136 e. The summed E-state index contributed by atoms with van der Waals surface area (Å²) in [6.45, 7) is 6.80. The van der Waals surface area contributed by atoms with Crippen molar-refractivity contribution >= 4 is 11.6 Å². The third kappa shape index (κ3) is 2.42. The Bertz CT molecular complexity index is 451. The molecular weight excluding hydrogens is 224 g/mol. The lowest BCUT2D eigenvalue weighted by Crippen LogP contribution is -2.40. The van der Waals surface area contributed by atoms with Gasteiger partial charge in [0.2, 0.25) is 0 Å². The molecule has 1 aliphatic carbocycles. The molecule has 1 aliphatic heterocycles. The summed E-state index contributed by atoms with van der Waals surface area (Å²) in [5.41, 5.74) is 6.29. The van der Waals surface area contributed by atoms with Crippen molar-refractivity contribution < 1.29 is 0 Å². The van der Waals surface area contributed by atoms with Gasteiger partial charge in [0.25, 0.3) is 0 Å². The molecule has 2 aliphatic rings. The predicted octanol–water partition coefficient (Wildman–Crippen LogP) is 2.56. The van der Waals surface area contributed by atoms with Crippen LogP contribution >= 0.6 is 0 Å². The van der Waals surface area contributed by atoms with Crippen LogP contribution < -0.4 is 10.6 Å². The Morgan fingerprint density at radius 2 is 2.11 bits per heavy atom. The van der Waals surface area contributed by atoms with E-state index >= 15 is 0 Å². The van der Waals surface area contributed by atoms with E-state index in [9.17, 15) is 0 Å². The standard InChI is InChI=1S/C14H22N4/c1-14(2)6-3-7-18(9-14)12-8-11(15)16-13(17-12)10-4-5-10/h8,10H,3-7,9H2,1-2H3,(H2,15,16,17). The highest BCUT2D eigenvalue weighted by atomic mass is 15.2. The van der Waals surface area contributed by atoms with E-state index in [1.165, 1.54) is 25.7 Å². The molecule has 1 saturated heterocycles. The molecule has 3 rings (SSSR count). The second kappa shape index (κ2) is 4.11. The van der Waals surface area contributed by atoms with Crippen LogP contribution in [0.15, 0.2) is 6.07 Å². The zero-order valence-electron chi connectivity index (χ0n) is 11.3. The van der Waals surface area contributed by atoms with Crippen LogP contribution in [0.2, 0.25) is 0 Å². The minimum absolute atomic E-state index is 0.373. The van der Waals surface area contributed by atoms with Crippen molar-refractivity contribution in [2.24, 2.45) is 5.41 Å². The van der Waals surface area contributed by atoms with Gasteiger partial charge in [-0.2, -0.15) is 0 Å². The van der Waals surface area contributed by atoms with E-state index in [0.717, 1.165) is 24.7 Å². The van der Waals surface area contributed by atoms with Gasteiger partial charge >= 0.3 is 0 Å². The molecule has 1 aromatic rings. The summed E-state index contributed by atoms with van der Waals surface area (Å²) in [7, 11) is 0. The lowest BCUT2D eigenvalue weighted by Gasteiger charge is -2.38. The number of piperidine rings is 1. The van der Waals surface area contributed by atoms with E-state index in [1.807, 2.05) is 6.07 Å². The Hall–Kier alpha value is -1.32. The lowest BCUT2D eigenvalue weighted by molar-refractivity contribution is 0.292. The maximum atomic E-state index is 5.92. The molecule has 2 heterocycles. The number of aromatic nitrogens is 2. The van der Waals surface area contributed by atoms with Crippen molar-refractivity contribution in [1.82, 2.24) is 9.97 Å². The van der Waals surface area contributed by atoms with Gasteiger partial charge in [-0.1, -0.05) is 13.8 Å². The maximum Gasteiger partial charge on any atom is 0.136 e. The first-order valence-corrected chi connectivity index (χ1v) is 6.93. The fourth-order valence-electron chi connectivity index (χ4n) is 2.78. The van der Waals surface area contributed by atoms with Crippen molar-refractivity contribution in [2.75, 3.05) is 23.7 Å². The highest BCUT2D eigenvalue weighted by Gasteiger charge is 2.30. The quantitative estimate of drug-likeness (QED) is 0.871. The van der Waals surface area contributed by atoms with Crippen molar-refractivity contribution in [2.45, 2.75) is 45.4 Å². The number of rotatable bonds is 2. The molecule has 18 heavy (non-hydrogen) atoms. The van der Waals surface area contributed by atoms with Crippen molar-refractivity contribution in [3.05, 3.63) is 11.9 Å². The summed E-state index contributed by atoms with van der Waals surface area (Å²) >= 11 is 0. The molecule has 4 heteroatoms. The third-order valence-corrected chi connectivity index (χ3v) is 3.92. The molecule has 2 N–H and O–H groups in total. The third-order valence-electron chi connectivity index (χ3n) is 3.92. The SMILES string of the molecule is CC1(C)CCCN(c2cc(N)nc(C3CC3)n2)C1. The minimum Gasteiger partial charge on any atom is -0.384 e. The normalized spacial score (nSPS) is 23.1. The van der Waals surface area contributed by atoms with E-state index < -0.39 is 0 Å². The van der Waals surface area contributed by atoms with Crippen LogP contribution in [0.25, 0.3) is 0 Å². The van der Waals surface area contributed by atoms with Gasteiger partial charge < -0.3 is 10.6 Å². The lowest BCUT2D eigenvalue weighted by atomic mass is 9.84. The number of nitrogens with two attached hydrogens (primary N) is 1. The van der Waals surface area contributed by atoms with Crippen LogP contribution in [-0.4, -0.2) is 23.1 Å². The van der Waals surface area contributed by atoms with E-state index in [2.05, 4.69) is 23.7 Å². The monoisotopic (exact) mass is 246 g/mol. The summed E-state index contributed by atoms with van der Waals surface area (Å²) in [5.74, 6) is 3.15. The Morgan fingerprint density at radius 1 is 1.33 bits per heavy atom. The minimum atomic E-state index is 0.373. The first kappa shape index (κ1) is 11.8. The average Bonchev–Trinajstić information content (AvgIpc) is 3.10. The second-order valence-electron chi connectivity index (χ2n) is 6.47. The topological polar surface area (TPSA) is 55.0 Å². The molecule has 4 nitrogen and oxygen atoms in total. The van der Waals surface area contributed by atoms with Crippen LogP contribution in [-0.2, 0) is 0 Å². The highest BCUT2D eigenvalue weighted by molar-refractivity contribution is 5.48. The highest BCUT2D eigenvalue weighted by Crippen LogP contribution is 2.39. The molecule has 0 amide bonds. The van der Waals surface area contributed by atoms with Gasteiger partial charge in [0, 0.05) is 25.1 Å². The van der Waals surface area contributed by atoms with Crippen LogP contribution in [0.4, 0.5) is 11.6 Å². The summed E-state index contributed by atoms with van der Waals surface area (Å²) in [5, 5.41) is 0. The van der Waals surface area contributed by atoms with E-state index in [1.54, 1.807) is 0 Å². The number of nitrogens with zero attached hydrogens (tertiary/aromatic N) is 3. The number of nitrogen functional groups attached to an aromatic ring is 1. The summed E-state index contributed by atoms with van der Waals surface area (Å²) in [4.78, 5) is 11.5. The van der Waals surface area contributed by atoms with Crippen LogP contribution in [0.3, 0.4) is 0 Å². The van der Waals surface area contributed by atoms with Crippen LogP contribution in [0.1, 0.15) is 51.3 Å². The largest absolute Gasteiger partial charge is 0.384 e. The second-order valence-corrected chi connectivity index (χ2v) is 6.47. The predicted molar refractivity (Wildman–Crippen MR) is 73.6 cm³/mol. The molecule has 98 valence electrons. The Morgan fingerprint density at radius 3 is 2.78 bits per heavy atom. The number of hydrogen-bond acceptors (Lipinski definition) is 4. The van der Waals surface area contributed by atoms with Crippen LogP contribution in [0.5, 0.6) is 0 Å². The molecule has 0 bridgehead atoms. The molecule has 0 spiro atoms. The molecular formula is C14H22N4. The molecule has 1 aromatic heterocycles. The van der Waals surface area contributed by atoms with Crippen molar-refractivity contribution in [3.8, 4) is 0 Å². The zero-order valence-corrected chi connectivity index (χ0v) is 11.3. The van der Waals surface area contributed by atoms with E-state index in [-0.39, 0.29) is 0 Å². The molecule has 0 atom stereocenters. The zero-order chi connectivity index (χ0) is 12.8. The van der Waals surface area contributed by atoms with E-state index in [0.29, 0.717) is 17.2 Å². The van der Waals surface area contributed by atoms with Crippen molar-refractivity contribution in [3.63, 3.8) is 0 Å². The summed E-state index contributed by atoms with van der Waals surface area (Å²) < 4.78 is 0. The molecule has 0 unspecified atom stereocenters. The van der Waals surface area contributed by atoms with Gasteiger partial charge in [0.15, 0.2) is 0 Å². The molecule has 2 fully saturated rings. The first-order valence-electron chi connectivity index (χ1n) is 6.93. The Balaban J connectivity index is 1.86. The van der Waals surface area contributed by atoms with Crippen molar-refractivity contribution in [1.29, 1.82) is 0 Å². The maximum absolute atomic E-state index is 5.92. The van der Waals surface area contributed by atoms with Gasteiger partial charge in [0.1, 0.15) is 17.5 Å². The van der Waals surface area contributed by atoms with E-state index in [4.69, 9.17) is 10.7 Å². The van der Waals surface area contributed by atoms with Crippen LogP contribution in [0, 0.1) is 5.41 Å². The summed E-state index contributed by atoms with van der Waals surface area (Å²) in [6, 6.07) is 1.92. The molecule has 1 saturated carbocycles. The molecule has 0 radical (unpaired) electrons. The van der Waals surface area contributed by atoms with Gasteiger partial charge in [-0.3, -0.25) is 0 Å². The summed E-state index contributed by atoms with van der Waals surface area (Å²) in [6.07, 6.45) is 4.96. The fraction of sp³-hybridized carbons (Fsp3) is 0.714. The van der Waals surface area contributed by atoms with Gasteiger partial charge in [0.05, 0.1) is 0 Å². The number of hydrogen-bond donors (Lipinski definition) is 1. The Kier molecular flexibility index (Phi) is 2.68. The fourth-order valence-corrected chi connectivity index (χ4v) is 2.78.